The van der Waals surface area contributed by atoms with Gasteiger partial charge in [0.25, 0.3) is 0 Å². The van der Waals surface area contributed by atoms with Crippen molar-refractivity contribution < 1.29 is 13.2 Å². The summed E-state index contributed by atoms with van der Waals surface area (Å²) in [5.41, 5.74) is 0. The van der Waals surface area contributed by atoms with Crippen LogP contribution in [0.2, 0.25) is 0 Å². The molecule has 1 aliphatic heterocycles. The number of likely N-dealkylation sites (tertiary alicyclic amines) is 1. The van der Waals surface area contributed by atoms with E-state index in [0.717, 1.165) is 19.5 Å². The largest absolute Gasteiger partial charge is 0.393 e. The molecule has 0 aromatic heterocycles. The van der Waals surface area contributed by atoms with Gasteiger partial charge in [0.05, 0.1) is 5.92 Å². The molecule has 0 saturated carbocycles. The first-order chi connectivity index (χ1) is 8.34. The van der Waals surface area contributed by atoms with Crippen LogP contribution in [0.4, 0.5) is 13.2 Å². The van der Waals surface area contributed by atoms with Crippen LogP contribution < -0.4 is 5.32 Å². The number of hydrogen-bond acceptors (Lipinski definition) is 2. The maximum atomic E-state index is 12.7. The minimum Gasteiger partial charge on any atom is -0.313 e. The van der Waals surface area contributed by atoms with E-state index in [1.807, 2.05) is 11.8 Å². The van der Waals surface area contributed by atoms with Gasteiger partial charge < -0.3 is 5.32 Å². The number of rotatable bonds is 5. The molecule has 5 heteroatoms. The minimum atomic E-state index is -4.04. The molecule has 0 amide bonds. The van der Waals surface area contributed by atoms with Crippen molar-refractivity contribution in [3.8, 4) is 0 Å². The first-order valence-electron chi connectivity index (χ1n) is 6.88. The number of nitrogens with one attached hydrogen (secondary N) is 1. The summed E-state index contributed by atoms with van der Waals surface area (Å²) >= 11 is 0. The Bertz CT molecular complexity index is 243. The van der Waals surface area contributed by atoms with Crippen LogP contribution in [-0.2, 0) is 0 Å². The van der Waals surface area contributed by atoms with E-state index in [1.54, 1.807) is 0 Å². The van der Waals surface area contributed by atoms with E-state index >= 15 is 0 Å². The summed E-state index contributed by atoms with van der Waals surface area (Å²) in [6.45, 7) is 7.92. The predicted octanol–water partition coefficient (Wildman–Crippen LogP) is 3.04. The molecule has 1 aliphatic rings. The number of piperidine rings is 1. The van der Waals surface area contributed by atoms with Crippen molar-refractivity contribution in [1.29, 1.82) is 0 Å². The van der Waals surface area contributed by atoms with E-state index in [-0.39, 0.29) is 19.0 Å². The molecule has 0 aliphatic carbocycles. The Hall–Kier alpha value is -0.290. The molecule has 0 aromatic carbocycles. The summed E-state index contributed by atoms with van der Waals surface area (Å²) in [4.78, 5) is 1.97. The molecule has 0 aromatic rings. The van der Waals surface area contributed by atoms with Gasteiger partial charge in [-0.15, -0.1) is 0 Å². The lowest BCUT2D eigenvalue weighted by Crippen LogP contribution is -2.49. The zero-order valence-electron chi connectivity index (χ0n) is 11.6. The van der Waals surface area contributed by atoms with Crippen molar-refractivity contribution in [2.24, 2.45) is 5.92 Å². The molecule has 108 valence electrons. The lowest BCUT2D eigenvalue weighted by Gasteiger charge is -2.37. The van der Waals surface area contributed by atoms with Crippen LogP contribution in [0, 0.1) is 5.92 Å². The normalized spacial score (nSPS) is 26.0. The Balaban J connectivity index is 2.41. The van der Waals surface area contributed by atoms with E-state index in [4.69, 9.17) is 0 Å². The Morgan fingerprint density at radius 3 is 2.56 bits per heavy atom. The van der Waals surface area contributed by atoms with Gasteiger partial charge in [-0.25, -0.2) is 0 Å². The zero-order valence-corrected chi connectivity index (χ0v) is 11.6. The van der Waals surface area contributed by atoms with Gasteiger partial charge in [0.2, 0.25) is 0 Å². The summed E-state index contributed by atoms with van der Waals surface area (Å²) in [5.74, 6) is -1.14. The summed E-state index contributed by atoms with van der Waals surface area (Å²) < 4.78 is 38.1. The van der Waals surface area contributed by atoms with Crippen LogP contribution in [0.5, 0.6) is 0 Å². The second kappa shape index (κ2) is 6.75. The molecule has 18 heavy (non-hydrogen) atoms. The van der Waals surface area contributed by atoms with Gasteiger partial charge in [-0.3, -0.25) is 4.90 Å². The van der Waals surface area contributed by atoms with Crippen molar-refractivity contribution in [2.45, 2.75) is 58.3 Å². The lowest BCUT2D eigenvalue weighted by molar-refractivity contribution is -0.188. The average Bonchev–Trinajstić information content (AvgIpc) is 2.34. The van der Waals surface area contributed by atoms with E-state index in [0.29, 0.717) is 12.5 Å². The first kappa shape index (κ1) is 15.8. The van der Waals surface area contributed by atoms with Gasteiger partial charge in [-0.2, -0.15) is 13.2 Å². The van der Waals surface area contributed by atoms with Crippen LogP contribution >= 0.6 is 0 Å². The molecule has 1 saturated heterocycles. The van der Waals surface area contributed by atoms with Crippen molar-refractivity contribution in [3.05, 3.63) is 0 Å². The fourth-order valence-electron chi connectivity index (χ4n) is 2.32. The van der Waals surface area contributed by atoms with Crippen molar-refractivity contribution in [1.82, 2.24) is 10.2 Å². The summed E-state index contributed by atoms with van der Waals surface area (Å²) in [5, 5.41) is 3.36. The quantitative estimate of drug-likeness (QED) is 0.823. The van der Waals surface area contributed by atoms with Crippen molar-refractivity contribution >= 4 is 0 Å². The highest BCUT2D eigenvalue weighted by Gasteiger charge is 2.42. The highest BCUT2D eigenvalue weighted by Crippen LogP contribution is 2.33. The topological polar surface area (TPSA) is 15.3 Å². The molecule has 1 fully saturated rings. The first-order valence-corrected chi connectivity index (χ1v) is 6.88. The van der Waals surface area contributed by atoms with Gasteiger partial charge in [-0.05, 0) is 39.7 Å². The number of alkyl halides is 3. The van der Waals surface area contributed by atoms with Gasteiger partial charge in [-0.1, -0.05) is 6.92 Å². The summed E-state index contributed by atoms with van der Waals surface area (Å²) in [6.07, 6.45) is -2.07. The second-order valence-electron chi connectivity index (χ2n) is 5.44. The molecule has 3 atom stereocenters. The van der Waals surface area contributed by atoms with Crippen LogP contribution in [0.1, 0.15) is 40.0 Å². The van der Waals surface area contributed by atoms with E-state index in [2.05, 4.69) is 19.2 Å². The Labute approximate surface area is 108 Å². The lowest BCUT2D eigenvalue weighted by atomic mass is 9.96. The molecule has 0 bridgehead atoms. The van der Waals surface area contributed by atoms with Crippen LogP contribution in [0.15, 0.2) is 0 Å². The highest BCUT2D eigenvalue weighted by atomic mass is 19.4. The molecule has 1 heterocycles. The van der Waals surface area contributed by atoms with Crippen molar-refractivity contribution in [3.63, 3.8) is 0 Å². The monoisotopic (exact) mass is 266 g/mol. The third-order valence-corrected chi connectivity index (χ3v) is 3.91. The second-order valence-corrected chi connectivity index (χ2v) is 5.44. The fourth-order valence-corrected chi connectivity index (χ4v) is 2.32. The number of nitrogens with zero attached hydrogens (tertiary/aromatic N) is 1. The van der Waals surface area contributed by atoms with E-state index in [1.165, 1.54) is 0 Å². The summed E-state index contributed by atoms with van der Waals surface area (Å²) in [7, 11) is 0. The SMILES string of the molecule is CCC(C)NCC(C)N1CCCC(C(F)(F)F)C1. The van der Waals surface area contributed by atoms with Gasteiger partial charge in [0, 0.05) is 25.2 Å². The highest BCUT2D eigenvalue weighted by molar-refractivity contribution is 4.82. The number of hydrogen-bond donors (Lipinski definition) is 1. The Morgan fingerprint density at radius 2 is 2.00 bits per heavy atom. The molecule has 2 nitrogen and oxygen atoms in total. The molecule has 1 rings (SSSR count). The summed E-state index contributed by atoms with van der Waals surface area (Å²) in [6, 6.07) is 0.597. The van der Waals surface area contributed by atoms with Gasteiger partial charge in [0.1, 0.15) is 0 Å². The number of halogens is 3. The minimum absolute atomic E-state index is 0.160. The van der Waals surface area contributed by atoms with Crippen LogP contribution in [0.3, 0.4) is 0 Å². The third-order valence-electron chi connectivity index (χ3n) is 3.91. The van der Waals surface area contributed by atoms with Crippen LogP contribution in [-0.4, -0.2) is 42.8 Å². The average molecular weight is 266 g/mol. The smallest absolute Gasteiger partial charge is 0.313 e. The molecule has 0 radical (unpaired) electrons. The molecule has 1 N–H and O–H groups in total. The standard InChI is InChI=1S/C13H25F3N2/c1-4-10(2)17-8-11(3)18-7-5-6-12(9-18)13(14,15)16/h10-12,17H,4-9H2,1-3H3. The molecule has 3 unspecified atom stereocenters. The predicted molar refractivity (Wildman–Crippen MR) is 67.6 cm³/mol. The van der Waals surface area contributed by atoms with E-state index < -0.39 is 12.1 Å². The third kappa shape index (κ3) is 4.76. The maximum absolute atomic E-state index is 12.7. The molecule has 0 spiro atoms. The maximum Gasteiger partial charge on any atom is 0.393 e. The van der Waals surface area contributed by atoms with Crippen molar-refractivity contribution in [2.75, 3.05) is 19.6 Å². The molecular formula is C13H25F3N2. The fraction of sp³-hybridized carbons (Fsp3) is 1.00. The Kier molecular flexibility index (Phi) is 5.92. The zero-order chi connectivity index (χ0) is 13.8. The van der Waals surface area contributed by atoms with Crippen LogP contribution in [0.25, 0.3) is 0 Å². The molecular weight excluding hydrogens is 241 g/mol. The Morgan fingerprint density at radius 1 is 1.33 bits per heavy atom. The van der Waals surface area contributed by atoms with E-state index in [9.17, 15) is 13.2 Å². The van der Waals surface area contributed by atoms with Gasteiger partial charge >= 0.3 is 6.18 Å². The van der Waals surface area contributed by atoms with Gasteiger partial charge in [0.15, 0.2) is 0 Å².